The molecule has 1 amide bonds. The molecule has 3 rings (SSSR count). The van der Waals surface area contributed by atoms with Gasteiger partial charge in [0.25, 0.3) is 5.91 Å². The van der Waals surface area contributed by atoms with Gasteiger partial charge in [0, 0.05) is 24.9 Å². The molecule has 0 spiro atoms. The smallest absolute Gasteiger partial charge is 0.256 e. The van der Waals surface area contributed by atoms with Gasteiger partial charge in [-0.15, -0.1) is 11.3 Å². The third-order valence-corrected chi connectivity index (χ3v) is 6.23. The Morgan fingerprint density at radius 1 is 0.846 bits per heavy atom. The highest BCUT2D eigenvalue weighted by atomic mass is 79.9. The molecule has 0 atom stereocenters. The van der Waals surface area contributed by atoms with Crippen molar-refractivity contribution in [3.8, 4) is 0 Å². The number of benzene rings is 2. The second kappa shape index (κ2) is 7.86. The van der Waals surface area contributed by atoms with E-state index in [1.807, 2.05) is 38.1 Å². The lowest BCUT2D eigenvalue weighted by atomic mass is 10.0. The predicted molar refractivity (Wildman–Crippen MR) is 113 cm³/mol. The zero-order chi connectivity index (χ0) is 18.8. The lowest BCUT2D eigenvalue weighted by Gasteiger charge is -2.08. The molecule has 0 aliphatic rings. The largest absolute Gasteiger partial charge is 0.313 e. The molecule has 132 valence electrons. The summed E-state index contributed by atoms with van der Waals surface area (Å²) in [5.74, 6) is -0.325. The molecule has 3 nitrogen and oxygen atoms in total. The molecule has 0 radical (unpaired) electrons. The van der Waals surface area contributed by atoms with Crippen LogP contribution in [0.4, 0.5) is 5.00 Å². The number of anilines is 1. The molecule has 1 aromatic heterocycles. The zero-order valence-electron chi connectivity index (χ0n) is 14.1. The normalized spacial score (nSPS) is 10.6. The lowest BCUT2D eigenvalue weighted by Crippen LogP contribution is -2.14. The molecule has 0 aliphatic carbocycles. The van der Waals surface area contributed by atoms with E-state index in [9.17, 15) is 9.59 Å². The van der Waals surface area contributed by atoms with Crippen molar-refractivity contribution in [2.45, 2.75) is 13.8 Å². The molecule has 26 heavy (non-hydrogen) atoms. The minimum absolute atomic E-state index is 0.0922. The maximum atomic E-state index is 13.0. The third kappa shape index (κ3) is 3.98. The van der Waals surface area contributed by atoms with E-state index in [0.717, 1.165) is 19.4 Å². The number of amides is 1. The first-order valence-electron chi connectivity index (χ1n) is 7.84. The Bertz CT molecular complexity index is 976. The Hall–Kier alpha value is -1.76. The minimum atomic E-state index is -0.233. The summed E-state index contributed by atoms with van der Waals surface area (Å²) in [6.07, 6.45) is 0. The van der Waals surface area contributed by atoms with Crippen molar-refractivity contribution in [3.63, 3.8) is 0 Å². The van der Waals surface area contributed by atoms with E-state index in [2.05, 4.69) is 37.2 Å². The molecule has 2 aromatic carbocycles. The van der Waals surface area contributed by atoms with Gasteiger partial charge in [-0.1, -0.05) is 31.9 Å². The first-order chi connectivity index (χ1) is 12.4. The van der Waals surface area contributed by atoms with Gasteiger partial charge in [-0.2, -0.15) is 0 Å². The highest BCUT2D eigenvalue weighted by molar-refractivity contribution is 9.10. The summed E-state index contributed by atoms with van der Waals surface area (Å²) in [6.45, 7) is 3.86. The van der Waals surface area contributed by atoms with Crippen molar-refractivity contribution in [2.24, 2.45) is 0 Å². The first-order valence-corrected chi connectivity index (χ1v) is 10.2. The van der Waals surface area contributed by atoms with Crippen molar-refractivity contribution in [1.29, 1.82) is 0 Å². The Balaban J connectivity index is 1.94. The fraction of sp³-hybridized carbons (Fsp3) is 0.100. The number of nitrogens with one attached hydrogen (secondary N) is 1. The summed E-state index contributed by atoms with van der Waals surface area (Å²) < 4.78 is 1.82. The number of aryl methyl sites for hydroxylation is 1. The second-order valence-electron chi connectivity index (χ2n) is 5.78. The molecular weight excluding hydrogens is 478 g/mol. The summed E-state index contributed by atoms with van der Waals surface area (Å²) in [7, 11) is 0. The van der Waals surface area contributed by atoms with Crippen molar-refractivity contribution in [1.82, 2.24) is 0 Å². The van der Waals surface area contributed by atoms with Crippen LogP contribution in [0.15, 0.2) is 57.5 Å². The molecule has 1 heterocycles. The van der Waals surface area contributed by atoms with Crippen LogP contribution < -0.4 is 5.32 Å². The molecule has 0 unspecified atom stereocenters. The first kappa shape index (κ1) is 19.0. The van der Waals surface area contributed by atoms with E-state index in [1.165, 1.54) is 11.3 Å². The average Bonchev–Trinajstić information content (AvgIpc) is 2.89. The Morgan fingerprint density at radius 2 is 1.35 bits per heavy atom. The van der Waals surface area contributed by atoms with Crippen LogP contribution in [0, 0.1) is 13.8 Å². The molecule has 6 heteroatoms. The van der Waals surface area contributed by atoms with Crippen molar-refractivity contribution < 1.29 is 9.59 Å². The lowest BCUT2D eigenvalue weighted by molar-refractivity contribution is 0.102. The maximum absolute atomic E-state index is 13.0. The summed E-state index contributed by atoms with van der Waals surface area (Å²) in [6, 6.07) is 14.3. The van der Waals surface area contributed by atoms with Gasteiger partial charge in [0.05, 0.1) is 5.56 Å². The van der Waals surface area contributed by atoms with E-state index in [-0.39, 0.29) is 11.7 Å². The third-order valence-electron chi connectivity index (χ3n) is 4.05. The minimum Gasteiger partial charge on any atom is -0.313 e. The van der Waals surface area contributed by atoms with Crippen LogP contribution in [0.1, 0.15) is 36.7 Å². The zero-order valence-corrected chi connectivity index (χ0v) is 18.1. The van der Waals surface area contributed by atoms with Crippen LogP contribution in [0.5, 0.6) is 0 Å². The van der Waals surface area contributed by atoms with Crippen LogP contribution in [0.25, 0.3) is 0 Å². The standard InChI is InChI=1S/C20H15Br2NO2S/c1-11-12(2)26-20(23-19(25)14-5-9-16(22)10-6-14)17(11)18(24)13-3-7-15(21)8-4-13/h3-10H,1-2H3,(H,23,25). The molecular formula is C20H15Br2NO2S. The van der Waals surface area contributed by atoms with E-state index in [1.54, 1.807) is 24.3 Å². The number of carbonyl (C=O) groups is 2. The van der Waals surface area contributed by atoms with Crippen LogP contribution in [-0.2, 0) is 0 Å². The quantitative estimate of drug-likeness (QED) is 0.430. The Kier molecular flexibility index (Phi) is 5.75. The number of carbonyl (C=O) groups excluding carboxylic acids is 2. The maximum Gasteiger partial charge on any atom is 0.256 e. The van der Waals surface area contributed by atoms with Gasteiger partial charge in [0.1, 0.15) is 5.00 Å². The van der Waals surface area contributed by atoms with Crippen LogP contribution in [0.2, 0.25) is 0 Å². The molecule has 0 saturated carbocycles. The van der Waals surface area contributed by atoms with E-state index in [0.29, 0.717) is 21.7 Å². The molecule has 0 aliphatic heterocycles. The summed E-state index contributed by atoms with van der Waals surface area (Å²) in [4.78, 5) is 26.6. The summed E-state index contributed by atoms with van der Waals surface area (Å²) in [5.41, 5.74) is 2.58. The van der Waals surface area contributed by atoms with Gasteiger partial charge < -0.3 is 5.32 Å². The van der Waals surface area contributed by atoms with E-state index in [4.69, 9.17) is 0 Å². The monoisotopic (exact) mass is 491 g/mol. The van der Waals surface area contributed by atoms with Crippen molar-refractivity contribution in [3.05, 3.63) is 84.6 Å². The Labute approximate surface area is 172 Å². The number of hydrogen-bond donors (Lipinski definition) is 1. The SMILES string of the molecule is Cc1sc(NC(=O)c2ccc(Br)cc2)c(C(=O)c2ccc(Br)cc2)c1C. The fourth-order valence-electron chi connectivity index (χ4n) is 2.51. The second-order valence-corrected chi connectivity index (χ2v) is 8.84. The number of ketones is 1. The number of thiophene rings is 1. The van der Waals surface area contributed by atoms with E-state index < -0.39 is 0 Å². The van der Waals surface area contributed by atoms with Crippen LogP contribution in [-0.4, -0.2) is 11.7 Å². The average molecular weight is 493 g/mol. The number of rotatable bonds is 4. The summed E-state index contributed by atoms with van der Waals surface area (Å²) in [5, 5.41) is 3.49. The van der Waals surface area contributed by atoms with Crippen molar-refractivity contribution in [2.75, 3.05) is 5.32 Å². The van der Waals surface area contributed by atoms with Crippen LogP contribution >= 0.6 is 43.2 Å². The van der Waals surface area contributed by atoms with Gasteiger partial charge in [-0.05, 0) is 67.9 Å². The van der Waals surface area contributed by atoms with Gasteiger partial charge in [0.2, 0.25) is 0 Å². The topological polar surface area (TPSA) is 46.2 Å². The van der Waals surface area contributed by atoms with E-state index >= 15 is 0 Å². The van der Waals surface area contributed by atoms with Crippen LogP contribution in [0.3, 0.4) is 0 Å². The van der Waals surface area contributed by atoms with Crippen molar-refractivity contribution >= 4 is 59.9 Å². The number of halogens is 2. The molecule has 0 fully saturated rings. The number of hydrogen-bond acceptors (Lipinski definition) is 3. The van der Waals surface area contributed by atoms with Gasteiger partial charge in [-0.25, -0.2) is 0 Å². The molecule has 1 N–H and O–H groups in total. The van der Waals surface area contributed by atoms with Gasteiger partial charge in [0.15, 0.2) is 5.78 Å². The highest BCUT2D eigenvalue weighted by Gasteiger charge is 2.22. The Morgan fingerprint density at radius 3 is 1.88 bits per heavy atom. The van der Waals surface area contributed by atoms with Gasteiger partial charge >= 0.3 is 0 Å². The fourth-order valence-corrected chi connectivity index (χ4v) is 4.09. The molecule has 0 saturated heterocycles. The summed E-state index contributed by atoms with van der Waals surface area (Å²) >= 11 is 8.16. The molecule has 3 aromatic rings. The predicted octanol–water partition coefficient (Wildman–Crippen LogP) is 6.37. The van der Waals surface area contributed by atoms with Gasteiger partial charge in [-0.3, -0.25) is 9.59 Å². The molecule has 0 bridgehead atoms. The highest BCUT2D eigenvalue weighted by Crippen LogP contribution is 2.34.